The van der Waals surface area contributed by atoms with Crippen molar-refractivity contribution in [2.24, 2.45) is 0 Å². The fourth-order valence-corrected chi connectivity index (χ4v) is 2.89. The highest BCUT2D eigenvalue weighted by molar-refractivity contribution is 7.17. The highest BCUT2D eigenvalue weighted by Crippen LogP contribution is 2.31. The van der Waals surface area contributed by atoms with Crippen molar-refractivity contribution in [3.05, 3.63) is 35.5 Å². The summed E-state index contributed by atoms with van der Waals surface area (Å²) in [4.78, 5) is 17.8. The summed E-state index contributed by atoms with van der Waals surface area (Å²) in [5.41, 5.74) is 1.74. The molecule has 0 radical (unpaired) electrons. The number of nitrogens with zero attached hydrogens (tertiary/aromatic N) is 2. The van der Waals surface area contributed by atoms with Gasteiger partial charge in [0.15, 0.2) is 5.13 Å². The van der Waals surface area contributed by atoms with E-state index in [1.807, 2.05) is 26.0 Å². The maximum absolute atomic E-state index is 12.2. The highest BCUT2D eigenvalue weighted by atomic mass is 32.1. The number of aromatic nitrogens is 1. The molecule has 25 heavy (non-hydrogen) atoms. The van der Waals surface area contributed by atoms with Crippen LogP contribution in [0.2, 0.25) is 0 Å². The van der Waals surface area contributed by atoms with Gasteiger partial charge in [-0.1, -0.05) is 17.3 Å². The number of thiazole rings is 1. The number of ether oxygens (including phenoxy) is 1. The number of aliphatic hydroxyl groups is 1. The Morgan fingerprint density at radius 2 is 2.28 bits per heavy atom. The maximum Gasteiger partial charge on any atom is 0.323 e. The number of carbonyl (C=O) groups is 1. The third-order valence-corrected chi connectivity index (χ3v) is 4.08. The van der Waals surface area contributed by atoms with Crippen molar-refractivity contribution in [2.75, 3.05) is 18.4 Å². The van der Waals surface area contributed by atoms with E-state index in [2.05, 4.69) is 16.2 Å². The van der Waals surface area contributed by atoms with E-state index in [0.717, 1.165) is 11.1 Å². The topological polar surface area (TPSA) is 74.7 Å². The van der Waals surface area contributed by atoms with E-state index in [1.54, 1.807) is 19.2 Å². The van der Waals surface area contributed by atoms with Crippen LogP contribution in [0, 0.1) is 19.3 Å². The molecule has 1 heterocycles. The molecule has 2 rings (SSSR count). The van der Waals surface area contributed by atoms with Gasteiger partial charge in [0.05, 0.1) is 12.3 Å². The predicted octanol–water partition coefficient (Wildman–Crippen LogP) is 3.46. The van der Waals surface area contributed by atoms with Crippen LogP contribution in [0.25, 0.3) is 0 Å². The Labute approximate surface area is 151 Å². The van der Waals surface area contributed by atoms with Gasteiger partial charge >= 0.3 is 6.03 Å². The Morgan fingerprint density at radius 3 is 2.92 bits per heavy atom. The third-order valence-electron chi connectivity index (χ3n) is 3.29. The van der Waals surface area contributed by atoms with Crippen LogP contribution in [0.5, 0.6) is 10.8 Å². The van der Waals surface area contributed by atoms with E-state index in [0.29, 0.717) is 22.5 Å². The van der Waals surface area contributed by atoms with E-state index in [1.165, 1.54) is 16.2 Å². The van der Waals surface area contributed by atoms with Crippen LogP contribution in [-0.2, 0) is 0 Å². The lowest BCUT2D eigenvalue weighted by Gasteiger charge is -2.21. The number of urea groups is 1. The lowest BCUT2D eigenvalue weighted by Crippen LogP contribution is -2.39. The van der Waals surface area contributed by atoms with Crippen molar-refractivity contribution in [3.63, 3.8) is 0 Å². The average Bonchev–Trinajstić information content (AvgIpc) is 2.98. The molecular weight excluding hydrogens is 338 g/mol. The number of aliphatic hydroxyl groups excluding tert-OH is 1. The van der Waals surface area contributed by atoms with Gasteiger partial charge in [0.25, 0.3) is 0 Å². The molecule has 0 aliphatic heterocycles. The fraction of sp³-hybridized carbons (Fsp3) is 0.333. The van der Waals surface area contributed by atoms with Crippen LogP contribution in [0.3, 0.4) is 0 Å². The molecule has 2 N–H and O–H groups in total. The Morgan fingerprint density at radius 1 is 1.52 bits per heavy atom. The summed E-state index contributed by atoms with van der Waals surface area (Å²) in [6, 6.07) is 5.23. The number of aryl methyl sites for hydroxylation is 1. The predicted molar refractivity (Wildman–Crippen MR) is 99.2 cm³/mol. The molecule has 0 bridgehead atoms. The summed E-state index contributed by atoms with van der Waals surface area (Å²) in [5, 5.41) is 13.1. The Kier molecular flexibility index (Phi) is 6.39. The number of anilines is 1. The van der Waals surface area contributed by atoms with Gasteiger partial charge in [-0.05, 0) is 44.5 Å². The number of hydrogen-bond acceptors (Lipinski definition) is 5. The first-order chi connectivity index (χ1) is 11.9. The minimum Gasteiger partial charge on any atom is -0.445 e. The van der Waals surface area contributed by atoms with Crippen molar-refractivity contribution in [1.29, 1.82) is 0 Å². The molecule has 0 spiro atoms. The number of hydrogen-bond donors (Lipinski definition) is 2. The molecule has 1 aromatic heterocycles. The quantitative estimate of drug-likeness (QED) is 0.775. The summed E-state index contributed by atoms with van der Waals surface area (Å²) < 4.78 is 5.77. The lowest BCUT2D eigenvalue weighted by molar-refractivity contribution is 0.141. The van der Waals surface area contributed by atoms with E-state index in [4.69, 9.17) is 11.2 Å². The van der Waals surface area contributed by atoms with Gasteiger partial charge in [-0.2, -0.15) is 0 Å². The number of terminal acetylenes is 1. The normalized spacial score (nSPS) is 11.5. The molecule has 0 aliphatic carbocycles. The largest absolute Gasteiger partial charge is 0.445 e. The maximum atomic E-state index is 12.2. The summed E-state index contributed by atoms with van der Waals surface area (Å²) in [6.07, 6.45) is 6.39. The molecule has 0 aliphatic rings. The number of nitrogens with one attached hydrogen (secondary N) is 1. The van der Waals surface area contributed by atoms with E-state index >= 15 is 0 Å². The van der Waals surface area contributed by atoms with Gasteiger partial charge in [0.1, 0.15) is 5.75 Å². The third kappa shape index (κ3) is 5.48. The van der Waals surface area contributed by atoms with Crippen LogP contribution < -0.4 is 10.1 Å². The SMILES string of the molecule is C#Cc1cc(C)cc(Oc2cnc(NC(=O)N(CC)C[C@H](C)O)s2)c1. The molecule has 7 heteroatoms. The number of amides is 2. The lowest BCUT2D eigenvalue weighted by atomic mass is 10.1. The highest BCUT2D eigenvalue weighted by Gasteiger charge is 2.15. The van der Waals surface area contributed by atoms with Crippen molar-refractivity contribution in [3.8, 4) is 23.2 Å². The summed E-state index contributed by atoms with van der Waals surface area (Å²) in [7, 11) is 0. The molecule has 2 amide bonds. The molecule has 132 valence electrons. The molecule has 0 saturated heterocycles. The minimum atomic E-state index is -0.590. The first-order valence-corrected chi connectivity index (χ1v) is 8.69. The summed E-state index contributed by atoms with van der Waals surface area (Å²) >= 11 is 1.22. The van der Waals surface area contributed by atoms with Crippen molar-refractivity contribution < 1.29 is 14.6 Å². The monoisotopic (exact) mass is 359 g/mol. The van der Waals surface area contributed by atoms with Crippen molar-refractivity contribution in [2.45, 2.75) is 26.9 Å². The first kappa shape index (κ1) is 18.8. The van der Waals surface area contributed by atoms with Crippen molar-refractivity contribution in [1.82, 2.24) is 9.88 Å². The standard InChI is InChI=1S/C18H21N3O3S/c1-5-14-7-12(3)8-15(9-14)24-16-10-19-17(25-16)20-18(23)21(6-2)11-13(4)22/h1,7-10,13,22H,6,11H2,2-4H3,(H,19,20,23)/t13-/m0/s1. The Balaban J connectivity index is 2.04. The zero-order chi connectivity index (χ0) is 18.4. The van der Waals surface area contributed by atoms with Gasteiger partial charge < -0.3 is 14.7 Å². The van der Waals surface area contributed by atoms with Gasteiger partial charge in [0.2, 0.25) is 5.06 Å². The molecule has 1 aromatic carbocycles. The van der Waals surface area contributed by atoms with Gasteiger partial charge in [0, 0.05) is 18.7 Å². The van der Waals surface area contributed by atoms with E-state index in [-0.39, 0.29) is 12.6 Å². The summed E-state index contributed by atoms with van der Waals surface area (Å²) in [6.45, 7) is 6.17. The molecular formula is C18H21N3O3S. The van der Waals surface area contributed by atoms with E-state index < -0.39 is 6.10 Å². The van der Waals surface area contributed by atoms with Gasteiger partial charge in [-0.25, -0.2) is 9.78 Å². The van der Waals surface area contributed by atoms with Gasteiger partial charge in [-0.15, -0.1) is 6.42 Å². The molecule has 1 atom stereocenters. The van der Waals surface area contributed by atoms with E-state index in [9.17, 15) is 9.90 Å². The molecule has 0 saturated carbocycles. The average molecular weight is 359 g/mol. The second kappa shape index (κ2) is 8.51. The van der Waals surface area contributed by atoms with Crippen LogP contribution in [0.1, 0.15) is 25.0 Å². The zero-order valence-corrected chi connectivity index (χ0v) is 15.3. The second-order valence-corrected chi connectivity index (χ2v) is 6.58. The zero-order valence-electron chi connectivity index (χ0n) is 14.4. The van der Waals surface area contributed by atoms with Crippen molar-refractivity contribution >= 4 is 22.5 Å². The van der Waals surface area contributed by atoms with Crippen LogP contribution >= 0.6 is 11.3 Å². The Bertz CT molecular complexity index is 780. The first-order valence-electron chi connectivity index (χ1n) is 7.87. The molecule has 2 aromatic rings. The van der Waals surface area contributed by atoms with Crippen LogP contribution in [0.4, 0.5) is 9.93 Å². The molecule has 0 fully saturated rings. The second-order valence-electron chi connectivity index (χ2n) is 5.58. The number of benzene rings is 1. The number of likely N-dealkylation sites (N-methyl/N-ethyl adjacent to an activating group) is 1. The summed E-state index contributed by atoms with van der Waals surface area (Å²) in [5.74, 6) is 3.21. The smallest absolute Gasteiger partial charge is 0.323 e. The fourth-order valence-electron chi connectivity index (χ4n) is 2.22. The number of rotatable bonds is 6. The number of carbonyl (C=O) groups excluding carboxylic acids is 1. The van der Waals surface area contributed by atoms with Gasteiger partial charge in [-0.3, -0.25) is 5.32 Å². The molecule has 0 unspecified atom stereocenters. The van der Waals surface area contributed by atoms with Crippen LogP contribution in [-0.4, -0.2) is 40.2 Å². The molecule has 6 nitrogen and oxygen atoms in total. The minimum absolute atomic E-state index is 0.259. The van der Waals surface area contributed by atoms with Crippen LogP contribution in [0.15, 0.2) is 24.4 Å². The Hall–Kier alpha value is -2.56.